The van der Waals surface area contributed by atoms with Crippen molar-refractivity contribution >= 4 is 16.9 Å². The first-order valence-electron chi connectivity index (χ1n) is 14.5. The van der Waals surface area contributed by atoms with Gasteiger partial charge in [0.15, 0.2) is 0 Å². The van der Waals surface area contributed by atoms with Crippen molar-refractivity contribution in [1.82, 2.24) is 25.3 Å². The van der Waals surface area contributed by atoms with Crippen LogP contribution in [0.15, 0.2) is 48.7 Å². The molecule has 1 unspecified atom stereocenters. The maximum atomic E-state index is 13.4. The van der Waals surface area contributed by atoms with E-state index in [9.17, 15) is 9.18 Å². The van der Waals surface area contributed by atoms with Gasteiger partial charge in [0.1, 0.15) is 5.82 Å². The normalized spacial score (nSPS) is 16.0. The Kier molecular flexibility index (Phi) is 9.00. The fraction of sp³-hybridized carbons (Fsp3) is 0.562. The average Bonchev–Trinajstić information content (AvgIpc) is 3.30. The molecule has 0 radical (unpaired) electrons. The number of likely N-dealkylation sites (tertiary alicyclic amines) is 1. The lowest BCUT2D eigenvalue weighted by molar-refractivity contribution is 0.168. The largest absolute Gasteiger partial charge is 0.338 e. The fourth-order valence-corrected chi connectivity index (χ4v) is 5.93. The summed E-state index contributed by atoms with van der Waals surface area (Å²) in [6.45, 7) is 16.9. The van der Waals surface area contributed by atoms with E-state index in [-0.39, 0.29) is 28.7 Å². The standard InChI is InChI=1S/C32H46FN5O/c1-23(2)18-28(24-10-15-29-25(19-24)20-35-38(29)27-13-11-26(33)12-14-27)31(3,4)21-34-30(39)36-32(5,6)22-37-16-8-7-9-17-37/h10-15,19-20,23,28H,7-9,16-18,21-22H2,1-6H3,(H2,34,36,39). The highest BCUT2D eigenvalue weighted by atomic mass is 19.1. The van der Waals surface area contributed by atoms with Crippen LogP contribution in [0.3, 0.4) is 0 Å². The number of hydrogen-bond acceptors (Lipinski definition) is 3. The molecule has 1 aromatic heterocycles. The number of hydrogen-bond donors (Lipinski definition) is 2. The number of benzene rings is 2. The number of carbonyl (C=O) groups excluding carboxylic acids is 1. The van der Waals surface area contributed by atoms with Gasteiger partial charge >= 0.3 is 6.03 Å². The fourth-order valence-electron chi connectivity index (χ4n) is 5.93. The SMILES string of the molecule is CC(C)CC(c1ccc2c(cnn2-c2ccc(F)cc2)c1)C(C)(C)CNC(=O)NC(C)(C)CN1CCCCC1. The number of piperidine rings is 1. The van der Waals surface area contributed by atoms with E-state index in [0.29, 0.717) is 12.5 Å². The van der Waals surface area contributed by atoms with Gasteiger partial charge in [-0.1, -0.05) is 40.2 Å². The molecule has 212 valence electrons. The highest BCUT2D eigenvalue weighted by Crippen LogP contribution is 2.41. The monoisotopic (exact) mass is 535 g/mol. The van der Waals surface area contributed by atoms with Gasteiger partial charge in [-0.05, 0) is 105 Å². The van der Waals surface area contributed by atoms with E-state index in [0.717, 1.165) is 42.6 Å². The average molecular weight is 536 g/mol. The van der Waals surface area contributed by atoms with Crippen LogP contribution in [0.2, 0.25) is 0 Å². The molecule has 2 N–H and O–H groups in total. The number of halogens is 1. The summed E-state index contributed by atoms with van der Waals surface area (Å²) in [6, 6.07) is 12.8. The van der Waals surface area contributed by atoms with E-state index < -0.39 is 0 Å². The summed E-state index contributed by atoms with van der Waals surface area (Å²) in [5, 5.41) is 12.0. The van der Waals surface area contributed by atoms with Crippen molar-refractivity contribution in [2.24, 2.45) is 11.3 Å². The van der Waals surface area contributed by atoms with Crippen molar-refractivity contribution in [3.63, 3.8) is 0 Å². The van der Waals surface area contributed by atoms with Crippen molar-refractivity contribution < 1.29 is 9.18 Å². The zero-order valence-corrected chi connectivity index (χ0v) is 24.6. The first kappa shape index (κ1) is 29.1. The Hall–Kier alpha value is -2.93. The number of aromatic nitrogens is 2. The van der Waals surface area contributed by atoms with Crippen LogP contribution in [0.25, 0.3) is 16.6 Å². The Labute approximate surface area is 233 Å². The number of nitrogens with one attached hydrogen (secondary N) is 2. The molecule has 3 aromatic rings. The minimum absolute atomic E-state index is 0.107. The van der Waals surface area contributed by atoms with Gasteiger partial charge < -0.3 is 15.5 Å². The maximum absolute atomic E-state index is 13.4. The van der Waals surface area contributed by atoms with Gasteiger partial charge in [-0.3, -0.25) is 0 Å². The van der Waals surface area contributed by atoms with Gasteiger partial charge in [0, 0.05) is 24.0 Å². The lowest BCUT2D eigenvalue weighted by atomic mass is 9.71. The summed E-state index contributed by atoms with van der Waals surface area (Å²) < 4.78 is 15.3. The van der Waals surface area contributed by atoms with Crippen molar-refractivity contribution in [2.75, 3.05) is 26.2 Å². The van der Waals surface area contributed by atoms with Crippen LogP contribution in [-0.2, 0) is 0 Å². The molecular weight excluding hydrogens is 489 g/mol. The molecule has 2 aromatic carbocycles. The summed E-state index contributed by atoms with van der Waals surface area (Å²) in [7, 11) is 0. The molecule has 1 aliphatic heterocycles. The lowest BCUT2D eigenvalue weighted by Gasteiger charge is -2.38. The Morgan fingerprint density at radius 1 is 1.03 bits per heavy atom. The first-order chi connectivity index (χ1) is 18.4. The van der Waals surface area contributed by atoms with Crippen LogP contribution >= 0.6 is 0 Å². The van der Waals surface area contributed by atoms with E-state index in [1.165, 1.54) is 37.0 Å². The smallest absolute Gasteiger partial charge is 0.315 e. The number of amides is 2. The summed E-state index contributed by atoms with van der Waals surface area (Å²) >= 11 is 0. The highest BCUT2D eigenvalue weighted by Gasteiger charge is 2.33. The number of fused-ring (bicyclic) bond motifs is 1. The Morgan fingerprint density at radius 2 is 1.72 bits per heavy atom. The third kappa shape index (κ3) is 7.59. The summed E-state index contributed by atoms with van der Waals surface area (Å²) in [4.78, 5) is 15.4. The van der Waals surface area contributed by atoms with Gasteiger partial charge in [-0.25, -0.2) is 13.9 Å². The van der Waals surface area contributed by atoms with Crippen molar-refractivity contribution in [3.05, 3.63) is 60.0 Å². The second kappa shape index (κ2) is 12.1. The third-order valence-corrected chi connectivity index (χ3v) is 7.94. The number of urea groups is 1. The molecule has 0 saturated carbocycles. The number of rotatable bonds is 10. The molecule has 1 saturated heterocycles. The van der Waals surface area contributed by atoms with Crippen LogP contribution < -0.4 is 10.6 Å². The molecule has 2 heterocycles. The molecule has 0 spiro atoms. The first-order valence-corrected chi connectivity index (χ1v) is 14.5. The zero-order valence-electron chi connectivity index (χ0n) is 24.6. The van der Waals surface area contributed by atoms with Gasteiger partial charge in [0.05, 0.1) is 17.4 Å². The predicted octanol–water partition coefficient (Wildman–Crippen LogP) is 6.88. The van der Waals surface area contributed by atoms with Crippen molar-refractivity contribution in [3.8, 4) is 5.69 Å². The Balaban J connectivity index is 1.46. The van der Waals surface area contributed by atoms with Crippen LogP contribution in [0.5, 0.6) is 0 Å². The Morgan fingerprint density at radius 3 is 2.38 bits per heavy atom. The number of nitrogens with zero attached hydrogens (tertiary/aromatic N) is 3. The molecule has 1 atom stereocenters. The summed E-state index contributed by atoms with van der Waals surface area (Å²) in [6.07, 6.45) is 6.67. The Bertz CT molecular complexity index is 1240. The van der Waals surface area contributed by atoms with Gasteiger partial charge in [0.25, 0.3) is 0 Å². The van der Waals surface area contributed by atoms with Crippen molar-refractivity contribution in [1.29, 1.82) is 0 Å². The summed E-state index contributed by atoms with van der Waals surface area (Å²) in [5.41, 5.74) is 2.60. The second-order valence-corrected chi connectivity index (χ2v) is 13.1. The van der Waals surface area contributed by atoms with Crippen LogP contribution in [0.1, 0.15) is 78.7 Å². The minimum atomic E-state index is -0.293. The van der Waals surface area contributed by atoms with Gasteiger partial charge in [-0.15, -0.1) is 0 Å². The van der Waals surface area contributed by atoms with E-state index in [1.54, 1.807) is 12.1 Å². The van der Waals surface area contributed by atoms with Gasteiger partial charge in [-0.2, -0.15) is 5.10 Å². The van der Waals surface area contributed by atoms with E-state index in [2.05, 4.69) is 80.4 Å². The molecule has 1 fully saturated rings. The molecule has 0 bridgehead atoms. The zero-order chi connectivity index (χ0) is 28.2. The molecule has 4 rings (SSSR count). The van der Waals surface area contributed by atoms with E-state index >= 15 is 0 Å². The van der Waals surface area contributed by atoms with Crippen molar-refractivity contribution in [2.45, 2.75) is 78.7 Å². The second-order valence-electron chi connectivity index (χ2n) is 13.1. The molecule has 7 heteroatoms. The topological polar surface area (TPSA) is 62.2 Å². The van der Waals surface area contributed by atoms with Gasteiger partial charge in [0.2, 0.25) is 0 Å². The maximum Gasteiger partial charge on any atom is 0.315 e. The third-order valence-electron chi connectivity index (χ3n) is 7.94. The molecule has 0 aliphatic carbocycles. The molecular formula is C32H46FN5O. The van der Waals surface area contributed by atoms with Crippen LogP contribution in [0.4, 0.5) is 9.18 Å². The highest BCUT2D eigenvalue weighted by molar-refractivity contribution is 5.81. The minimum Gasteiger partial charge on any atom is -0.338 e. The van der Waals surface area contributed by atoms with E-state index in [4.69, 9.17) is 0 Å². The molecule has 39 heavy (non-hydrogen) atoms. The quantitative estimate of drug-likeness (QED) is 0.297. The summed E-state index contributed by atoms with van der Waals surface area (Å²) in [5.74, 6) is 0.492. The molecule has 6 nitrogen and oxygen atoms in total. The van der Waals surface area contributed by atoms with E-state index in [1.807, 2.05) is 10.9 Å². The van der Waals surface area contributed by atoms with Crippen LogP contribution in [-0.4, -0.2) is 52.4 Å². The molecule has 1 aliphatic rings. The lowest BCUT2D eigenvalue weighted by Crippen LogP contribution is -2.56. The number of carbonyl (C=O) groups is 1. The van der Waals surface area contributed by atoms with Crippen LogP contribution in [0, 0.1) is 17.2 Å². The predicted molar refractivity (Wildman–Crippen MR) is 158 cm³/mol. The molecule has 2 amide bonds.